The van der Waals surface area contributed by atoms with Crippen LogP contribution < -0.4 is 14.4 Å². The fraction of sp³-hybridized carbons (Fsp3) is 0.316. The number of ether oxygens (including phenoxy) is 1. The molecule has 2 aliphatic heterocycles. The third kappa shape index (κ3) is 3.26. The highest BCUT2D eigenvalue weighted by atomic mass is 35.5. The molecule has 0 unspecified atom stereocenters. The van der Waals surface area contributed by atoms with E-state index in [0.717, 1.165) is 36.2 Å². The number of nitrogens with zero attached hydrogens (tertiary/aromatic N) is 1. The van der Waals surface area contributed by atoms with Crippen LogP contribution in [0.5, 0.6) is 5.75 Å². The molecule has 0 saturated carbocycles. The van der Waals surface area contributed by atoms with Gasteiger partial charge in [-0.3, -0.25) is 9.52 Å². The second kappa shape index (κ2) is 6.73. The van der Waals surface area contributed by atoms with Crippen molar-refractivity contribution in [2.24, 2.45) is 0 Å². The summed E-state index contributed by atoms with van der Waals surface area (Å²) in [7, 11) is -2.46. The summed E-state index contributed by atoms with van der Waals surface area (Å²) in [4.78, 5) is 14.0. The van der Waals surface area contributed by atoms with Gasteiger partial charge in [-0.25, -0.2) is 8.42 Å². The van der Waals surface area contributed by atoms with Crippen LogP contribution in [0.4, 0.5) is 11.4 Å². The van der Waals surface area contributed by atoms with Crippen LogP contribution in [-0.4, -0.2) is 28.0 Å². The lowest BCUT2D eigenvalue weighted by molar-refractivity contribution is -0.119. The Labute approximate surface area is 163 Å². The molecule has 1 N–H and O–H groups in total. The quantitative estimate of drug-likeness (QED) is 0.844. The Morgan fingerprint density at radius 2 is 1.85 bits per heavy atom. The van der Waals surface area contributed by atoms with E-state index in [9.17, 15) is 13.2 Å². The molecule has 0 atom stereocenters. The maximum Gasteiger partial charge on any atom is 0.265 e. The van der Waals surface area contributed by atoms with Crippen molar-refractivity contribution in [3.05, 3.63) is 46.5 Å². The van der Waals surface area contributed by atoms with Crippen LogP contribution in [0.3, 0.4) is 0 Å². The summed E-state index contributed by atoms with van der Waals surface area (Å²) in [5, 5.41) is 0.311. The lowest BCUT2D eigenvalue weighted by atomic mass is 9.91. The summed E-state index contributed by atoms with van der Waals surface area (Å²) in [6.45, 7) is 0.726. The third-order valence-electron chi connectivity index (χ3n) is 4.94. The number of nitrogens with one attached hydrogen (secondary N) is 1. The van der Waals surface area contributed by atoms with Gasteiger partial charge >= 0.3 is 0 Å². The lowest BCUT2D eigenvalue weighted by Crippen LogP contribution is -2.39. The largest absolute Gasteiger partial charge is 0.495 e. The predicted molar refractivity (Wildman–Crippen MR) is 104 cm³/mol. The van der Waals surface area contributed by atoms with Gasteiger partial charge in [-0.2, -0.15) is 0 Å². The average Bonchev–Trinajstić information content (AvgIpc) is 2.64. The van der Waals surface area contributed by atoms with Crippen molar-refractivity contribution in [2.75, 3.05) is 23.3 Å². The molecule has 0 saturated heterocycles. The number of hydrogen-bond acceptors (Lipinski definition) is 4. The van der Waals surface area contributed by atoms with Crippen molar-refractivity contribution in [3.63, 3.8) is 0 Å². The van der Waals surface area contributed by atoms with Crippen LogP contribution in [0, 0.1) is 0 Å². The van der Waals surface area contributed by atoms with Crippen LogP contribution in [-0.2, 0) is 27.7 Å². The van der Waals surface area contributed by atoms with Gasteiger partial charge in [0.1, 0.15) is 10.6 Å². The fourth-order valence-corrected chi connectivity index (χ4v) is 5.26. The summed E-state index contributed by atoms with van der Waals surface area (Å²) < 4.78 is 33.6. The van der Waals surface area contributed by atoms with Crippen LogP contribution in [0.2, 0.25) is 5.02 Å². The molecule has 1 amide bonds. The number of carbonyl (C=O) groups excluding carboxylic acids is 1. The molecule has 2 aliphatic rings. The number of hydrogen-bond donors (Lipinski definition) is 1. The minimum atomic E-state index is -3.88. The van der Waals surface area contributed by atoms with Gasteiger partial charge in [-0.05, 0) is 60.7 Å². The van der Waals surface area contributed by atoms with E-state index in [0.29, 0.717) is 23.6 Å². The van der Waals surface area contributed by atoms with E-state index in [1.54, 1.807) is 6.07 Å². The van der Waals surface area contributed by atoms with Gasteiger partial charge in [0.05, 0.1) is 12.8 Å². The zero-order chi connectivity index (χ0) is 19.2. The molecular weight excluding hydrogens is 388 g/mol. The monoisotopic (exact) mass is 406 g/mol. The number of aryl methyl sites for hydroxylation is 2. The first-order valence-electron chi connectivity index (χ1n) is 8.71. The summed E-state index contributed by atoms with van der Waals surface area (Å²) in [6, 6.07) is 8.10. The molecule has 8 heteroatoms. The zero-order valence-electron chi connectivity index (χ0n) is 14.8. The number of benzene rings is 2. The summed E-state index contributed by atoms with van der Waals surface area (Å²) in [5.41, 5.74) is 3.45. The summed E-state index contributed by atoms with van der Waals surface area (Å²) >= 11 is 5.98. The topological polar surface area (TPSA) is 75.7 Å². The molecule has 0 spiro atoms. The maximum absolute atomic E-state index is 12.9. The van der Waals surface area contributed by atoms with Gasteiger partial charge < -0.3 is 9.64 Å². The predicted octanol–water partition coefficient (Wildman–Crippen LogP) is 3.37. The molecule has 0 bridgehead atoms. The van der Waals surface area contributed by atoms with E-state index in [2.05, 4.69) is 4.72 Å². The van der Waals surface area contributed by atoms with Gasteiger partial charge in [0, 0.05) is 23.7 Å². The summed E-state index contributed by atoms with van der Waals surface area (Å²) in [5.74, 6) is 0.364. The van der Waals surface area contributed by atoms with Crippen molar-refractivity contribution in [2.45, 2.75) is 30.6 Å². The van der Waals surface area contributed by atoms with E-state index < -0.39 is 10.0 Å². The van der Waals surface area contributed by atoms with Gasteiger partial charge in [-0.15, -0.1) is 0 Å². The van der Waals surface area contributed by atoms with E-state index in [4.69, 9.17) is 16.3 Å². The van der Waals surface area contributed by atoms with Gasteiger partial charge in [0.25, 0.3) is 10.0 Å². The molecule has 27 heavy (non-hydrogen) atoms. The molecule has 0 radical (unpaired) electrons. The Morgan fingerprint density at radius 1 is 1.11 bits per heavy atom. The van der Waals surface area contributed by atoms with Crippen molar-refractivity contribution >= 4 is 38.9 Å². The number of sulfonamides is 1. The van der Waals surface area contributed by atoms with E-state index in [-0.39, 0.29) is 16.6 Å². The highest BCUT2D eigenvalue weighted by Gasteiger charge is 2.30. The van der Waals surface area contributed by atoms with Crippen LogP contribution in [0.1, 0.15) is 24.0 Å². The minimum absolute atomic E-state index is 0.0133. The van der Waals surface area contributed by atoms with Gasteiger partial charge in [-0.1, -0.05) is 11.6 Å². The fourth-order valence-electron chi connectivity index (χ4n) is 3.78. The van der Waals surface area contributed by atoms with Gasteiger partial charge in [0.2, 0.25) is 5.91 Å². The highest BCUT2D eigenvalue weighted by molar-refractivity contribution is 7.92. The van der Waals surface area contributed by atoms with Gasteiger partial charge in [0.15, 0.2) is 0 Å². The molecule has 2 aromatic carbocycles. The Morgan fingerprint density at radius 3 is 2.59 bits per heavy atom. The molecule has 2 aromatic rings. The lowest BCUT2D eigenvalue weighted by Gasteiger charge is -2.35. The molecular formula is C19H19ClN2O4S. The molecule has 4 rings (SSSR count). The number of methoxy groups -OCH3 is 1. The zero-order valence-corrected chi connectivity index (χ0v) is 16.4. The first-order chi connectivity index (χ1) is 12.9. The van der Waals surface area contributed by atoms with Crippen LogP contribution in [0.25, 0.3) is 0 Å². The average molecular weight is 407 g/mol. The second-order valence-electron chi connectivity index (χ2n) is 6.69. The normalized spacial score (nSPS) is 16.1. The molecule has 2 heterocycles. The molecule has 0 aliphatic carbocycles. The van der Waals surface area contributed by atoms with Crippen molar-refractivity contribution in [3.8, 4) is 5.75 Å². The number of anilines is 2. The Balaban J connectivity index is 1.74. The summed E-state index contributed by atoms with van der Waals surface area (Å²) in [6.07, 6.45) is 2.76. The van der Waals surface area contributed by atoms with Crippen LogP contribution in [0.15, 0.2) is 35.2 Å². The van der Waals surface area contributed by atoms with E-state index in [1.165, 1.54) is 19.2 Å². The second-order valence-corrected chi connectivity index (χ2v) is 8.78. The standard InChI is InChI=1S/C19H19ClN2O4S/c1-26-16-6-5-14(20)11-17(16)27(24,25)21-15-9-12-3-2-8-22-18(23)7-4-13(10-15)19(12)22/h5-6,9-11,21H,2-4,7-8H2,1H3. The van der Waals surface area contributed by atoms with Crippen molar-refractivity contribution < 1.29 is 17.9 Å². The number of rotatable bonds is 4. The third-order valence-corrected chi connectivity index (χ3v) is 6.58. The van der Waals surface area contributed by atoms with E-state index in [1.807, 2.05) is 17.0 Å². The van der Waals surface area contributed by atoms with Crippen molar-refractivity contribution in [1.29, 1.82) is 0 Å². The van der Waals surface area contributed by atoms with E-state index >= 15 is 0 Å². The first kappa shape index (κ1) is 18.1. The first-order valence-corrected chi connectivity index (χ1v) is 10.6. The Hall–Kier alpha value is -2.25. The smallest absolute Gasteiger partial charge is 0.265 e. The minimum Gasteiger partial charge on any atom is -0.495 e. The SMILES string of the molecule is COc1ccc(Cl)cc1S(=O)(=O)Nc1cc2c3c(c1)CCC(=O)N3CCC2. The Kier molecular flexibility index (Phi) is 4.52. The molecule has 142 valence electrons. The van der Waals surface area contributed by atoms with Crippen molar-refractivity contribution in [1.82, 2.24) is 0 Å². The number of amides is 1. The molecule has 6 nitrogen and oxygen atoms in total. The maximum atomic E-state index is 12.9. The highest BCUT2D eigenvalue weighted by Crippen LogP contribution is 2.38. The molecule has 0 fully saturated rings. The van der Waals surface area contributed by atoms with Crippen LogP contribution >= 0.6 is 11.6 Å². The molecule has 0 aromatic heterocycles. The number of carbonyl (C=O) groups is 1. The number of halogens is 1. The Bertz CT molecular complexity index is 1020.